The van der Waals surface area contributed by atoms with Gasteiger partial charge >= 0.3 is 0 Å². The Bertz CT molecular complexity index is 268. The van der Waals surface area contributed by atoms with E-state index in [4.69, 9.17) is 11.6 Å². The summed E-state index contributed by atoms with van der Waals surface area (Å²) in [5, 5.41) is 2.72. The van der Waals surface area contributed by atoms with E-state index in [0.717, 1.165) is 5.02 Å². The highest BCUT2D eigenvalue weighted by atomic mass is 35.5. The van der Waals surface area contributed by atoms with Crippen molar-refractivity contribution in [3.63, 3.8) is 0 Å². The highest BCUT2D eigenvalue weighted by molar-refractivity contribution is 7.07. The Balaban J connectivity index is 0.000000215. The van der Waals surface area contributed by atoms with Gasteiger partial charge in [0.2, 0.25) is 0 Å². The summed E-state index contributed by atoms with van der Waals surface area (Å²) in [6.07, 6.45) is 1.77. The zero-order valence-corrected chi connectivity index (χ0v) is 8.42. The molecule has 0 saturated carbocycles. The summed E-state index contributed by atoms with van der Waals surface area (Å²) in [5.41, 5.74) is 1.79. The average molecular weight is 216 g/mol. The van der Waals surface area contributed by atoms with Crippen molar-refractivity contribution in [2.45, 2.75) is 0 Å². The number of nitrogens with zero attached hydrogens (tertiary/aromatic N) is 1. The molecular weight excluding hydrogens is 206 g/mol. The summed E-state index contributed by atoms with van der Waals surface area (Å²) < 4.78 is 0. The molecule has 4 heteroatoms. The molecule has 13 heavy (non-hydrogen) atoms. The summed E-state index contributed by atoms with van der Waals surface area (Å²) in [6.45, 7) is 0. The van der Waals surface area contributed by atoms with Crippen LogP contribution in [0.4, 0.5) is 0 Å². The molecule has 0 spiro atoms. The SMILES string of the molecule is Clc1ccccc1.O.c1cscn1. The molecule has 0 aliphatic rings. The minimum absolute atomic E-state index is 0. The Labute approximate surface area is 86.1 Å². The lowest BCUT2D eigenvalue weighted by Crippen LogP contribution is -1.55. The average Bonchev–Trinajstić information content (AvgIpc) is 2.62. The molecule has 1 aromatic carbocycles. The van der Waals surface area contributed by atoms with E-state index in [2.05, 4.69) is 4.98 Å². The molecule has 0 bridgehead atoms. The van der Waals surface area contributed by atoms with Gasteiger partial charge in [-0.2, -0.15) is 0 Å². The second-order valence-electron chi connectivity index (χ2n) is 1.97. The molecule has 0 amide bonds. The van der Waals surface area contributed by atoms with E-state index in [0.29, 0.717) is 0 Å². The largest absolute Gasteiger partial charge is 0.412 e. The fraction of sp³-hybridized carbons (Fsp3) is 0. The van der Waals surface area contributed by atoms with E-state index in [-0.39, 0.29) is 5.48 Å². The molecule has 0 unspecified atom stereocenters. The lowest BCUT2D eigenvalue weighted by atomic mass is 10.4. The Morgan fingerprint density at radius 1 is 1.15 bits per heavy atom. The van der Waals surface area contributed by atoms with Crippen LogP contribution < -0.4 is 0 Å². The molecule has 1 heterocycles. The number of thiazole rings is 1. The predicted octanol–water partition coefficient (Wildman–Crippen LogP) is 2.66. The Kier molecular flexibility index (Phi) is 7.20. The predicted molar refractivity (Wildman–Crippen MR) is 57.2 cm³/mol. The molecule has 2 aromatic rings. The van der Waals surface area contributed by atoms with Crippen molar-refractivity contribution in [3.05, 3.63) is 52.4 Å². The first kappa shape index (κ1) is 12.1. The smallest absolute Gasteiger partial charge is 0.0791 e. The summed E-state index contributed by atoms with van der Waals surface area (Å²) >= 11 is 7.14. The van der Waals surface area contributed by atoms with Crippen molar-refractivity contribution in [3.8, 4) is 0 Å². The second kappa shape index (κ2) is 7.73. The molecule has 0 aliphatic heterocycles. The van der Waals surface area contributed by atoms with Crippen LogP contribution in [0, 0.1) is 0 Å². The van der Waals surface area contributed by atoms with E-state index in [1.807, 2.05) is 35.7 Å². The van der Waals surface area contributed by atoms with Crippen LogP contribution >= 0.6 is 22.9 Å². The number of rotatable bonds is 0. The third-order valence-corrected chi connectivity index (χ3v) is 1.85. The van der Waals surface area contributed by atoms with Gasteiger partial charge in [0.25, 0.3) is 0 Å². The molecule has 70 valence electrons. The van der Waals surface area contributed by atoms with Crippen LogP contribution in [-0.2, 0) is 0 Å². The van der Waals surface area contributed by atoms with Crippen molar-refractivity contribution in [2.24, 2.45) is 0 Å². The number of aromatic nitrogens is 1. The number of hydrogen-bond donors (Lipinski definition) is 0. The minimum atomic E-state index is 0. The zero-order valence-electron chi connectivity index (χ0n) is 6.85. The maximum atomic E-state index is 5.54. The quantitative estimate of drug-likeness (QED) is 0.666. The molecule has 0 aliphatic carbocycles. The van der Waals surface area contributed by atoms with Gasteiger partial charge in [-0.3, -0.25) is 4.98 Å². The summed E-state index contributed by atoms with van der Waals surface area (Å²) in [6, 6.07) is 9.44. The van der Waals surface area contributed by atoms with E-state index < -0.39 is 0 Å². The van der Waals surface area contributed by atoms with Gasteiger partial charge in [-0.25, -0.2) is 0 Å². The van der Waals surface area contributed by atoms with Gasteiger partial charge in [-0.1, -0.05) is 29.8 Å². The van der Waals surface area contributed by atoms with Gasteiger partial charge in [0.05, 0.1) is 5.51 Å². The first-order chi connectivity index (χ1) is 5.89. The zero-order chi connectivity index (χ0) is 8.65. The first-order valence-corrected chi connectivity index (χ1v) is 4.74. The van der Waals surface area contributed by atoms with Crippen molar-refractivity contribution in [1.29, 1.82) is 0 Å². The van der Waals surface area contributed by atoms with Gasteiger partial charge in [0, 0.05) is 16.6 Å². The number of hydrogen-bond acceptors (Lipinski definition) is 2. The van der Waals surface area contributed by atoms with Crippen LogP contribution in [0.1, 0.15) is 0 Å². The Hall–Kier alpha value is -0.900. The van der Waals surface area contributed by atoms with Crippen molar-refractivity contribution < 1.29 is 5.48 Å². The van der Waals surface area contributed by atoms with Gasteiger partial charge in [0.1, 0.15) is 0 Å². The van der Waals surface area contributed by atoms with Crippen molar-refractivity contribution >= 4 is 22.9 Å². The molecule has 2 nitrogen and oxygen atoms in total. The highest BCUT2D eigenvalue weighted by Crippen LogP contribution is 2.03. The van der Waals surface area contributed by atoms with Crippen LogP contribution in [0.3, 0.4) is 0 Å². The van der Waals surface area contributed by atoms with Crippen molar-refractivity contribution in [2.75, 3.05) is 0 Å². The van der Waals surface area contributed by atoms with E-state index in [9.17, 15) is 0 Å². The maximum Gasteiger partial charge on any atom is 0.0791 e. The van der Waals surface area contributed by atoms with Crippen LogP contribution in [-0.4, -0.2) is 10.5 Å². The molecule has 2 N–H and O–H groups in total. The molecule has 2 rings (SSSR count). The minimum Gasteiger partial charge on any atom is -0.412 e. The molecule has 0 saturated heterocycles. The number of benzene rings is 1. The fourth-order valence-electron chi connectivity index (χ4n) is 0.590. The van der Waals surface area contributed by atoms with Crippen molar-refractivity contribution in [1.82, 2.24) is 4.98 Å². The molecule has 0 fully saturated rings. The van der Waals surface area contributed by atoms with Gasteiger partial charge in [-0.05, 0) is 12.1 Å². The Morgan fingerprint density at radius 2 is 1.85 bits per heavy atom. The molecular formula is C9H10ClNOS. The van der Waals surface area contributed by atoms with Crippen LogP contribution in [0.25, 0.3) is 0 Å². The van der Waals surface area contributed by atoms with E-state index in [1.165, 1.54) is 0 Å². The van der Waals surface area contributed by atoms with Crippen LogP contribution in [0.5, 0.6) is 0 Å². The first-order valence-electron chi connectivity index (χ1n) is 3.42. The highest BCUT2D eigenvalue weighted by Gasteiger charge is 1.74. The Morgan fingerprint density at radius 3 is 2.08 bits per heavy atom. The van der Waals surface area contributed by atoms with Gasteiger partial charge < -0.3 is 5.48 Å². The van der Waals surface area contributed by atoms with Crippen LogP contribution in [0.15, 0.2) is 47.4 Å². The maximum absolute atomic E-state index is 5.54. The summed E-state index contributed by atoms with van der Waals surface area (Å²) in [7, 11) is 0. The lowest BCUT2D eigenvalue weighted by Gasteiger charge is -1.80. The monoisotopic (exact) mass is 215 g/mol. The standard InChI is InChI=1S/C6H5Cl.C3H3NS.H2O/c7-6-4-2-1-3-5-6;1-2-5-3-4-1;/h1-5H;1-3H;1H2. The third-order valence-electron chi connectivity index (χ3n) is 1.08. The lowest BCUT2D eigenvalue weighted by molar-refractivity contribution is 0.824. The topological polar surface area (TPSA) is 44.4 Å². The number of halogens is 1. The van der Waals surface area contributed by atoms with E-state index >= 15 is 0 Å². The molecule has 0 radical (unpaired) electrons. The third kappa shape index (κ3) is 6.28. The van der Waals surface area contributed by atoms with Crippen LogP contribution in [0.2, 0.25) is 5.02 Å². The van der Waals surface area contributed by atoms with Gasteiger partial charge in [-0.15, -0.1) is 11.3 Å². The van der Waals surface area contributed by atoms with Gasteiger partial charge in [0.15, 0.2) is 0 Å². The second-order valence-corrected chi connectivity index (χ2v) is 3.16. The normalized spacial score (nSPS) is 7.77. The molecule has 0 atom stereocenters. The summed E-state index contributed by atoms with van der Waals surface area (Å²) in [4.78, 5) is 3.74. The fourth-order valence-corrected chi connectivity index (χ4v) is 1.09. The summed E-state index contributed by atoms with van der Waals surface area (Å²) in [5.74, 6) is 0. The molecule has 1 aromatic heterocycles. The van der Waals surface area contributed by atoms with E-state index in [1.54, 1.807) is 23.0 Å².